The van der Waals surface area contributed by atoms with Crippen LogP contribution in [0.2, 0.25) is 0 Å². The van der Waals surface area contributed by atoms with E-state index in [-0.39, 0.29) is 16.9 Å². The number of aryl methyl sites for hydroxylation is 1. The zero-order valence-electron chi connectivity index (χ0n) is 14.3. The zero-order valence-corrected chi connectivity index (χ0v) is 14.3. The normalized spacial score (nSPS) is 15.0. The molecule has 1 aromatic heterocycles. The number of rotatable bonds is 3. The molecule has 4 heteroatoms. The molecule has 0 bridgehead atoms. The Bertz CT molecular complexity index is 484. The molecule has 114 valence electrons. The van der Waals surface area contributed by atoms with Crippen LogP contribution in [0.3, 0.4) is 0 Å². The van der Waals surface area contributed by atoms with E-state index >= 15 is 0 Å². The van der Waals surface area contributed by atoms with Crippen LogP contribution in [-0.2, 0) is 12.5 Å². The average Bonchev–Trinajstić information content (AvgIpc) is 2.54. The molecule has 20 heavy (non-hydrogen) atoms. The molecule has 1 rings (SSSR count). The van der Waals surface area contributed by atoms with E-state index in [4.69, 9.17) is 10.7 Å². The van der Waals surface area contributed by atoms with Gasteiger partial charge in [0.25, 0.3) is 0 Å². The second-order valence-electron chi connectivity index (χ2n) is 7.59. The molecule has 1 atom stereocenters. The molecular weight excluding hydrogens is 248 g/mol. The summed E-state index contributed by atoms with van der Waals surface area (Å²) in [5, 5.41) is 4.55. The van der Waals surface area contributed by atoms with Gasteiger partial charge in [-0.25, -0.2) is 0 Å². The minimum atomic E-state index is -0.0535. The van der Waals surface area contributed by atoms with Crippen LogP contribution in [-0.4, -0.2) is 22.0 Å². The lowest BCUT2D eigenvalue weighted by atomic mass is 9.85. The summed E-state index contributed by atoms with van der Waals surface area (Å²) >= 11 is 0. The van der Waals surface area contributed by atoms with E-state index in [2.05, 4.69) is 53.6 Å². The van der Waals surface area contributed by atoms with Crippen molar-refractivity contribution in [3.63, 3.8) is 0 Å². The summed E-state index contributed by atoms with van der Waals surface area (Å²) in [6, 6.07) is 0.287. The number of nitrogen functional groups attached to an aromatic ring is 1. The molecule has 0 spiro atoms. The van der Waals surface area contributed by atoms with E-state index in [0.717, 1.165) is 23.5 Å². The minimum Gasteiger partial charge on any atom is -0.395 e. The Hall–Kier alpha value is -1.32. The first-order valence-corrected chi connectivity index (χ1v) is 7.34. The molecule has 0 aliphatic heterocycles. The monoisotopic (exact) mass is 278 g/mol. The van der Waals surface area contributed by atoms with Crippen LogP contribution in [0.25, 0.3) is 0 Å². The van der Waals surface area contributed by atoms with Crippen LogP contribution in [0, 0.1) is 5.41 Å². The van der Waals surface area contributed by atoms with Crippen molar-refractivity contribution in [3.05, 3.63) is 11.4 Å². The number of hydrogen-bond donors (Lipinski definition) is 1. The van der Waals surface area contributed by atoms with Gasteiger partial charge in [0.05, 0.1) is 17.4 Å². The Morgan fingerprint density at radius 3 is 2.15 bits per heavy atom. The Kier molecular flexibility index (Phi) is 4.67. The van der Waals surface area contributed by atoms with Crippen LogP contribution >= 0.6 is 0 Å². The molecule has 0 aliphatic rings. The molecule has 1 aromatic rings. The second kappa shape index (κ2) is 5.58. The summed E-state index contributed by atoms with van der Waals surface area (Å²) in [6.07, 6.45) is 2.90. The van der Waals surface area contributed by atoms with Crippen molar-refractivity contribution in [3.8, 4) is 0 Å². The first-order chi connectivity index (χ1) is 8.98. The molecule has 0 amide bonds. The smallest absolute Gasteiger partial charge is 0.102 e. The maximum Gasteiger partial charge on any atom is 0.102 e. The van der Waals surface area contributed by atoms with Crippen molar-refractivity contribution >= 4 is 11.9 Å². The topological polar surface area (TPSA) is 56.2 Å². The summed E-state index contributed by atoms with van der Waals surface area (Å²) < 4.78 is 1.83. The van der Waals surface area contributed by atoms with Gasteiger partial charge in [0.15, 0.2) is 0 Å². The van der Waals surface area contributed by atoms with Crippen molar-refractivity contribution in [1.82, 2.24) is 9.78 Å². The Morgan fingerprint density at radius 1 is 1.25 bits per heavy atom. The van der Waals surface area contributed by atoms with Gasteiger partial charge in [-0.1, -0.05) is 48.5 Å². The van der Waals surface area contributed by atoms with Crippen LogP contribution < -0.4 is 5.73 Å². The van der Waals surface area contributed by atoms with Gasteiger partial charge in [-0.2, -0.15) is 5.10 Å². The Labute approximate surface area is 123 Å². The standard InChI is InChI=1S/C16H30N4/c1-9-12(15(2,3)4)18-10-11-13(17)14(16(5,6)7)19-20(11)8/h10,12H,9,17H2,1-8H3. The molecule has 0 saturated carbocycles. The summed E-state index contributed by atoms with van der Waals surface area (Å²) in [7, 11) is 1.92. The van der Waals surface area contributed by atoms with Crippen LogP contribution in [0.1, 0.15) is 66.3 Å². The van der Waals surface area contributed by atoms with Crippen LogP contribution in [0.4, 0.5) is 5.69 Å². The molecule has 0 saturated heterocycles. The van der Waals surface area contributed by atoms with E-state index in [1.54, 1.807) is 0 Å². The van der Waals surface area contributed by atoms with Gasteiger partial charge in [-0.05, 0) is 11.8 Å². The summed E-state index contributed by atoms with van der Waals surface area (Å²) in [6.45, 7) is 15.2. The van der Waals surface area contributed by atoms with Crippen molar-refractivity contribution in [2.45, 2.75) is 66.3 Å². The SMILES string of the molecule is CCC(N=Cc1c(N)c(C(C)(C)C)nn1C)C(C)(C)C. The second-order valence-corrected chi connectivity index (χ2v) is 7.59. The number of hydrogen-bond acceptors (Lipinski definition) is 3. The van der Waals surface area contributed by atoms with E-state index in [1.807, 2.05) is 17.9 Å². The van der Waals surface area contributed by atoms with E-state index in [9.17, 15) is 0 Å². The summed E-state index contributed by atoms with van der Waals surface area (Å²) in [4.78, 5) is 4.73. The van der Waals surface area contributed by atoms with E-state index < -0.39 is 0 Å². The van der Waals surface area contributed by atoms with Crippen molar-refractivity contribution in [2.75, 3.05) is 5.73 Å². The van der Waals surface area contributed by atoms with Crippen LogP contribution in [0.5, 0.6) is 0 Å². The number of nitrogens with two attached hydrogens (primary N) is 1. The molecule has 0 aliphatic carbocycles. The minimum absolute atomic E-state index is 0.0535. The Balaban J connectivity index is 3.14. The molecule has 0 aromatic carbocycles. The maximum atomic E-state index is 6.25. The predicted molar refractivity (Wildman–Crippen MR) is 87.4 cm³/mol. The molecule has 4 nitrogen and oxygen atoms in total. The highest BCUT2D eigenvalue weighted by Crippen LogP contribution is 2.29. The van der Waals surface area contributed by atoms with Crippen molar-refractivity contribution in [1.29, 1.82) is 0 Å². The average molecular weight is 278 g/mol. The molecule has 0 radical (unpaired) electrons. The fraction of sp³-hybridized carbons (Fsp3) is 0.750. The summed E-state index contributed by atoms with van der Waals surface area (Å²) in [5.41, 5.74) is 8.94. The molecule has 1 heterocycles. The van der Waals surface area contributed by atoms with E-state index in [1.165, 1.54) is 0 Å². The highest BCUT2D eigenvalue weighted by molar-refractivity contribution is 5.86. The molecule has 1 unspecified atom stereocenters. The third-order valence-corrected chi connectivity index (χ3v) is 3.60. The van der Waals surface area contributed by atoms with Gasteiger partial charge in [0.1, 0.15) is 5.69 Å². The molecule has 0 fully saturated rings. The number of anilines is 1. The lowest BCUT2D eigenvalue weighted by molar-refractivity contribution is 0.316. The third kappa shape index (κ3) is 3.62. The predicted octanol–water partition coefficient (Wildman–Crippen LogP) is 3.54. The largest absolute Gasteiger partial charge is 0.395 e. The first kappa shape index (κ1) is 16.7. The third-order valence-electron chi connectivity index (χ3n) is 3.60. The lowest BCUT2D eigenvalue weighted by Gasteiger charge is -2.26. The van der Waals surface area contributed by atoms with Crippen molar-refractivity contribution < 1.29 is 0 Å². The number of aliphatic imine (C=N–C) groups is 1. The van der Waals surface area contributed by atoms with Gasteiger partial charge in [-0.15, -0.1) is 0 Å². The lowest BCUT2D eigenvalue weighted by Crippen LogP contribution is -2.23. The van der Waals surface area contributed by atoms with E-state index in [0.29, 0.717) is 0 Å². The van der Waals surface area contributed by atoms with Gasteiger partial charge in [0.2, 0.25) is 0 Å². The molecule has 2 N–H and O–H groups in total. The van der Waals surface area contributed by atoms with Gasteiger partial charge < -0.3 is 5.73 Å². The highest BCUT2D eigenvalue weighted by Gasteiger charge is 2.25. The Morgan fingerprint density at radius 2 is 1.80 bits per heavy atom. The fourth-order valence-electron chi connectivity index (χ4n) is 2.36. The quantitative estimate of drug-likeness (QED) is 0.860. The van der Waals surface area contributed by atoms with Gasteiger partial charge in [0, 0.05) is 18.7 Å². The van der Waals surface area contributed by atoms with Crippen LogP contribution in [0.15, 0.2) is 4.99 Å². The van der Waals surface area contributed by atoms with Gasteiger partial charge in [-0.3, -0.25) is 9.67 Å². The summed E-state index contributed by atoms with van der Waals surface area (Å²) in [5.74, 6) is 0. The number of nitrogens with zero attached hydrogens (tertiary/aromatic N) is 3. The number of aromatic nitrogens is 2. The zero-order chi connectivity index (χ0) is 15.7. The first-order valence-electron chi connectivity index (χ1n) is 7.34. The van der Waals surface area contributed by atoms with Gasteiger partial charge >= 0.3 is 0 Å². The highest BCUT2D eigenvalue weighted by atomic mass is 15.3. The fourth-order valence-corrected chi connectivity index (χ4v) is 2.36. The van der Waals surface area contributed by atoms with Crippen molar-refractivity contribution in [2.24, 2.45) is 17.5 Å². The maximum absolute atomic E-state index is 6.25. The molecular formula is C16H30N4.